The van der Waals surface area contributed by atoms with E-state index >= 15 is 0 Å². The van der Waals surface area contributed by atoms with Gasteiger partial charge < -0.3 is 26.4 Å². The molecule has 2 aromatic rings. The number of carbonyl (C=O) groups excluding carboxylic acids is 1. The Morgan fingerprint density at radius 3 is 2.74 bits per heavy atom. The first-order chi connectivity index (χ1) is 14.3. The molecule has 3 rings (SSSR count). The predicted octanol–water partition coefficient (Wildman–Crippen LogP) is 0.838. The maximum atomic E-state index is 12.8. The zero-order valence-corrected chi connectivity index (χ0v) is 21.0. The van der Waals surface area contributed by atoms with Crippen LogP contribution in [0.2, 0.25) is 0 Å². The van der Waals surface area contributed by atoms with E-state index in [1.807, 2.05) is 49.5 Å². The second kappa shape index (κ2) is 11.6. The second-order valence-electron chi connectivity index (χ2n) is 6.92. The van der Waals surface area contributed by atoms with Crippen molar-refractivity contribution in [2.75, 3.05) is 12.4 Å². The molecule has 0 fully saturated rings. The summed E-state index contributed by atoms with van der Waals surface area (Å²) in [6.07, 6.45) is 4.88. The van der Waals surface area contributed by atoms with Crippen LogP contribution in [0.4, 0.5) is 14.5 Å². The van der Waals surface area contributed by atoms with Gasteiger partial charge >= 0.3 is 51.4 Å². The van der Waals surface area contributed by atoms with E-state index in [1.54, 1.807) is 12.3 Å². The van der Waals surface area contributed by atoms with Crippen molar-refractivity contribution in [2.24, 2.45) is 4.99 Å². The largest absolute Gasteiger partial charge is 1.00 e. The molecule has 0 aliphatic carbocycles. The van der Waals surface area contributed by atoms with Crippen molar-refractivity contribution >= 4 is 23.5 Å². The molecule has 0 radical (unpaired) electrons. The molecule has 31 heavy (non-hydrogen) atoms. The van der Waals surface area contributed by atoms with Gasteiger partial charge in [-0.2, -0.15) is 0 Å². The summed E-state index contributed by atoms with van der Waals surface area (Å²) in [6, 6.07) is 8.68. The summed E-state index contributed by atoms with van der Waals surface area (Å²) in [5.74, 6) is -0.413. The van der Waals surface area contributed by atoms with Crippen LogP contribution in [0.1, 0.15) is 46.6 Å². The molecule has 0 saturated carbocycles. The summed E-state index contributed by atoms with van der Waals surface area (Å²) in [5.41, 5.74) is 2.58. The summed E-state index contributed by atoms with van der Waals surface area (Å²) in [4.78, 5) is 20.4. The monoisotopic (exact) mass is 449 g/mol. The minimum absolute atomic E-state index is 0. The Morgan fingerprint density at radius 1 is 1.35 bits per heavy atom. The number of carbonyl (C=O) groups is 1. The normalized spacial score (nSPS) is 15.0. The molecule has 156 valence electrons. The summed E-state index contributed by atoms with van der Waals surface area (Å²) in [7, 11) is 1.93. The van der Waals surface area contributed by atoms with E-state index in [0.29, 0.717) is 5.69 Å². The van der Waals surface area contributed by atoms with Gasteiger partial charge in [-0.05, 0) is 43.2 Å². The van der Waals surface area contributed by atoms with Crippen LogP contribution in [0, 0.1) is 19.7 Å². The van der Waals surface area contributed by atoms with Crippen LogP contribution in [-0.2, 0) is 0 Å². The molecule has 1 aromatic heterocycles. The molecule has 1 unspecified atom stereocenters. The van der Waals surface area contributed by atoms with E-state index in [1.165, 1.54) is 13.0 Å². The molecule has 0 spiro atoms. The van der Waals surface area contributed by atoms with Gasteiger partial charge in [0, 0.05) is 17.9 Å². The van der Waals surface area contributed by atoms with Gasteiger partial charge in [-0.3, -0.25) is 9.78 Å². The number of rotatable bonds is 7. The van der Waals surface area contributed by atoms with E-state index in [2.05, 4.69) is 26.8 Å². The standard InChI is InChI=1S/C22H22F2N5O.K/c1-14-9-17(11-27-20(14)21(23)24)22(30)28-18-6-4-5-16(10-18)15(2)25-7-8-26-19-12-29(3)13-19;/h4-6,8-13,15,21,25H,1-3H3,(H,28,30);/q-1;+1. The number of anilines is 1. The number of aryl methyl sites for hydroxylation is 1. The Kier molecular flexibility index (Phi) is 9.51. The summed E-state index contributed by atoms with van der Waals surface area (Å²) < 4.78 is 27.6. The molecule has 2 N–H and O–H groups in total. The van der Waals surface area contributed by atoms with Gasteiger partial charge in [0.1, 0.15) is 12.7 Å². The average Bonchev–Trinajstić information content (AvgIpc) is 2.69. The van der Waals surface area contributed by atoms with Gasteiger partial charge in [0.2, 0.25) is 0 Å². The third-order valence-corrected chi connectivity index (χ3v) is 4.48. The molecule has 1 aliphatic heterocycles. The number of nitrogens with one attached hydrogen (secondary N) is 2. The van der Waals surface area contributed by atoms with E-state index < -0.39 is 12.3 Å². The maximum Gasteiger partial charge on any atom is 1.00 e. The first kappa shape index (κ1) is 25.3. The Hall–Kier alpha value is -1.91. The number of benzene rings is 1. The van der Waals surface area contributed by atoms with Gasteiger partial charge in [-0.25, -0.2) is 8.78 Å². The third-order valence-electron chi connectivity index (χ3n) is 4.48. The van der Waals surface area contributed by atoms with Crippen molar-refractivity contribution in [1.82, 2.24) is 10.3 Å². The van der Waals surface area contributed by atoms with Crippen molar-refractivity contribution in [1.29, 1.82) is 0 Å². The average molecular weight is 450 g/mol. The molecule has 2 heterocycles. The number of hydrogen-bond donors (Lipinski definition) is 2. The van der Waals surface area contributed by atoms with Crippen LogP contribution in [0.3, 0.4) is 0 Å². The molecular weight excluding hydrogens is 427 g/mol. The fourth-order valence-electron chi connectivity index (χ4n) is 2.85. The predicted molar refractivity (Wildman–Crippen MR) is 112 cm³/mol. The zero-order valence-electron chi connectivity index (χ0n) is 17.9. The summed E-state index contributed by atoms with van der Waals surface area (Å²) in [5, 5.41) is 5.88. The number of nitrogens with zero attached hydrogens (tertiary/aromatic N) is 3. The molecule has 1 amide bonds. The van der Waals surface area contributed by atoms with Crippen molar-refractivity contribution in [3.05, 3.63) is 77.9 Å². The minimum atomic E-state index is -2.67. The second-order valence-corrected chi connectivity index (χ2v) is 6.92. The number of aromatic nitrogens is 1. The van der Waals surface area contributed by atoms with E-state index in [0.717, 1.165) is 17.5 Å². The molecule has 0 saturated heterocycles. The Labute approximate surface area is 223 Å². The topological polar surface area (TPSA) is 69.4 Å². The van der Waals surface area contributed by atoms with Crippen molar-refractivity contribution < 1.29 is 69.5 Å². The van der Waals surface area contributed by atoms with Crippen LogP contribution in [0.25, 0.3) is 0 Å². The quantitative estimate of drug-likeness (QED) is 0.285. The molecular formula is C22H22F2KN5O. The number of hydrogen-bond acceptors (Lipinski definition) is 4. The van der Waals surface area contributed by atoms with E-state index in [4.69, 9.17) is 0 Å². The van der Waals surface area contributed by atoms with Gasteiger partial charge in [0.25, 0.3) is 12.3 Å². The Morgan fingerprint density at radius 2 is 2.10 bits per heavy atom. The van der Waals surface area contributed by atoms with Crippen LogP contribution in [0.5, 0.6) is 0 Å². The fourth-order valence-corrected chi connectivity index (χ4v) is 2.85. The van der Waals surface area contributed by atoms with Gasteiger partial charge in [0.15, 0.2) is 0 Å². The third kappa shape index (κ3) is 7.04. The van der Waals surface area contributed by atoms with Crippen LogP contribution >= 0.6 is 0 Å². The molecule has 6 nitrogen and oxygen atoms in total. The van der Waals surface area contributed by atoms with Gasteiger partial charge in [-0.1, -0.05) is 12.1 Å². The zero-order chi connectivity index (χ0) is 21.7. The first-order valence-electron chi connectivity index (χ1n) is 9.31. The Bertz CT molecular complexity index is 1040. The Balaban J connectivity index is 0.00000341. The number of halogens is 2. The maximum absolute atomic E-state index is 12.8. The van der Waals surface area contributed by atoms with Crippen molar-refractivity contribution in [3.8, 4) is 0 Å². The van der Waals surface area contributed by atoms with Crippen LogP contribution in [0.15, 0.2) is 47.7 Å². The first-order valence-corrected chi connectivity index (χ1v) is 9.31. The summed E-state index contributed by atoms with van der Waals surface area (Å²) >= 11 is 0. The number of alkyl halides is 2. The van der Waals surface area contributed by atoms with Gasteiger partial charge in [-0.15, -0.1) is 6.20 Å². The minimum Gasteiger partial charge on any atom is -0.560 e. The fraction of sp³-hybridized carbons (Fsp3) is 0.227. The van der Waals surface area contributed by atoms with E-state index in [9.17, 15) is 13.6 Å². The van der Waals surface area contributed by atoms with Crippen molar-refractivity contribution in [2.45, 2.75) is 26.3 Å². The molecule has 0 bridgehead atoms. The SMILES string of the molecule is Cc1cc(C(=O)Nc2cccc(C(C)N[C-]=CN=C3C=[N+](C)[CH-]3)c2)cnc1C(F)F.[K+]. The molecule has 1 aromatic carbocycles. The number of aliphatic imine (C=N–C) groups is 1. The molecule has 1 atom stereocenters. The molecule has 1 aliphatic rings. The number of pyridine rings is 1. The van der Waals surface area contributed by atoms with Crippen molar-refractivity contribution in [3.63, 3.8) is 0 Å². The van der Waals surface area contributed by atoms with Crippen LogP contribution < -0.4 is 62.0 Å². The molecule has 9 heteroatoms. The van der Waals surface area contributed by atoms with Gasteiger partial charge in [0.05, 0.1) is 24.0 Å². The number of amides is 1. The van der Waals surface area contributed by atoms with E-state index in [-0.39, 0.29) is 74.2 Å². The van der Waals surface area contributed by atoms with Crippen LogP contribution in [-0.4, -0.2) is 34.4 Å². The smallest absolute Gasteiger partial charge is 0.560 e. The summed E-state index contributed by atoms with van der Waals surface area (Å²) in [6.45, 7) is 5.36.